The van der Waals surface area contributed by atoms with Gasteiger partial charge in [0, 0.05) is 17.3 Å². The van der Waals surface area contributed by atoms with Crippen molar-refractivity contribution in [1.82, 2.24) is 9.19 Å². The molecule has 2 nitrogen and oxygen atoms in total. The second-order valence-electron chi connectivity index (χ2n) is 3.13. The highest BCUT2D eigenvalue weighted by atomic mass is 32.1. The van der Waals surface area contributed by atoms with Crippen molar-refractivity contribution in [1.29, 1.82) is 0 Å². The van der Waals surface area contributed by atoms with Crippen molar-refractivity contribution in [3.8, 4) is 11.1 Å². The third-order valence-corrected chi connectivity index (χ3v) is 2.22. The van der Waals surface area contributed by atoms with Crippen molar-refractivity contribution < 1.29 is 4.39 Å². The van der Waals surface area contributed by atoms with Crippen LogP contribution in [0.4, 0.5) is 4.39 Å². The van der Waals surface area contributed by atoms with E-state index >= 15 is 0 Å². The third kappa shape index (κ3) is 1.65. The molecule has 0 spiro atoms. The molecular weight excluding hydrogens is 199 g/mol. The monoisotopic (exact) mass is 208 g/mol. The van der Waals surface area contributed by atoms with Gasteiger partial charge in [-0.15, -0.1) is 0 Å². The minimum Gasteiger partial charge on any atom is -0.217 e. The van der Waals surface area contributed by atoms with Crippen LogP contribution in [0.3, 0.4) is 0 Å². The van der Waals surface area contributed by atoms with Crippen LogP contribution in [0.15, 0.2) is 30.6 Å². The Hall–Kier alpha value is -1.29. The topological polar surface area (TPSA) is 17.8 Å². The van der Waals surface area contributed by atoms with E-state index in [0.717, 1.165) is 11.1 Å². The molecule has 0 aliphatic rings. The highest BCUT2D eigenvalue weighted by Gasteiger charge is 2.06. The first-order valence-corrected chi connectivity index (χ1v) is 4.57. The molecule has 72 valence electrons. The van der Waals surface area contributed by atoms with Gasteiger partial charge in [0.05, 0.1) is 6.20 Å². The highest BCUT2D eigenvalue weighted by molar-refractivity contribution is 7.78. The van der Waals surface area contributed by atoms with Crippen LogP contribution in [0.5, 0.6) is 0 Å². The van der Waals surface area contributed by atoms with E-state index in [-0.39, 0.29) is 5.82 Å². The number of nitrogens with zero attached hydrogens (tertiary/aromatic N) is 2. The molecular formula is C10H9FN2S. The van der Waals surface area contributed by atoms with Gasteiger partial charge in [-0.25, -0.2) is 8.48 Å². The SMILES string of the molecule is Cc1ccc(-c2cnn(S)c2)c(F)c1. The smallest absolute Gasteiger partial charge is 0.131 e. The lowest BCUT2D eigenvalue weighted by Crippen LogP contribution is -1.83. The van der Waals surface area contributed by atoms with E-state index in [1.165, 1.54) is 10.2 Å². The average Bonchev–Trinajstić information content (AvgIpc) is 2.51. The molecule has 0 amide bonds. The standard InChI is InChI=1S/C10H9FN2S/c1-7-2-3-9(10(11)4-7)8-5-12-13(14)6-8/h2-6,14H,1H3. The summed E-state index contributed by atoms with van der Waals surface area (Å²) in [6.07, 6.45) is 3.25. The van der Waals surface area contributed by atoms with Crippen molar-refractivity contribution in [3.05, 3.63) is 42.0 Å². The van der Waals surface area contributed by atoms with E-state index in [1.54, 1.807) is 18.5 Å². The molecule has 0 radical (unpaired) electrons. The summed E-state index contributed by atoms with van der Waals surface area (Å²) in [5, 5.41) is 3.87. The Kier molecular flexibility index (Phi) is 2.29. The van der Waals surface area contributed by atoms with Gasteiger partial charge in [0.1, 0.15) is 5.82 Å². The molecule has 0 fully saturated rings. The first kappa shape index (κ1) is 9.27. The fraction of sp³-hybridized carbons (Fsp3) is 0.100. The fourth-order valence-electron chi connectivity index (χ4n) is 1.31. The zero-order valence-corrected chi connectivity index (χ0v) is 8.50. The Morgan fingerprint density at radius 3 is 2.79 bits per heavy atom. The first-order valence-electron chi connectivity index (χ1n) is 4.17. The molecule has 2 aromatic rings. The Labute approximate surface area is 86.9 Å². The van der Waals surface area contributed by atoms with Gasteiger partial charge in [-0.3, -0.25) is 0 Å². The van der Waals surface area contributed by atoms with Crippen molar-refractivity contribution in [2.75, 3.05) is 0 Å². The summed E-state index contributed by atoms with van der Waals surface area (Å²) in [6.45, 7) is 1.86. The number of aryl methyl sites for hydroxylation is 1. The number of aromatic nitrogens is 2. The maximum atomic E-state index is 13.5. The predicted molar refractivity (Wildman–Crippen MR) is 56.7 cm³/mol. The number of rotatable bonds is 1. The van der Waals surface area contributed by atoms with E-state index in [4.69, 9.17) is 0 Å². The van der Waals surface area contributed by atoms with Gasteiger partial charge >= 0.3 is 0 Å². The van der Waals surface area contributed by atoms with Crippen molar-refractivity contribution in [3.63, 3.8) is 0 Å². The minimum absolute atomic E-state index is 0.230. The molecule has 0 aliphatic carbocycles. The lowest BCUT2D eigenvalue weighted by Gasteiger charge is -2.00. The summed E-state index contributed by atoms with van der Waals surface area (Å²) in [7, 11) is 0. The first-order chi connectivity index (χ1) is 6.66. The van der Waals surface area contributed by atoms with E-state index in [1.807, 2.05) is 13.0 Å². The predicted octanol–water partition coefficient (Wildman–Crippen LogP) is 2.69. The van der Waals surface area contributed by atoms with Crippen LogP contribution in [0.1, 0.15) is 5.56 Å². The Morgan fingerprint density at radius 2 is 2.21 bits per heavy atom. The molecule has 14 heavy (non-hydrogen) atoms. The lowest BCUT2D eigenvalue weighted by atomic mass is 10.1. The van der Waals surface area contributed by atoms with Gasteiger partial charge in [-0.05, 0) is 31.4 Å². The van der Waals surface area contributed by atoms with Crippen LogP contribution in [0.2, 0.25) is 0 Å². The fourth-order valence-corrected chi connectivity index (χ4v) is 1.48. The second-order valence-corrected chi connectivity index (χ2v) is 3.54. The quantitative estimate of drug-likeness (QED) is 0.713. The van der Waals surface area contributed by atoms with Crippen molar-refractivity contribution in [2.24, 2.45) is 0 Å². The average molecular weight is 208 g/mol. The van der Waals surface area contributed by atoms with E-state index in [0.29, 0.717) is 5.56 Å². The molecule has 1 aromatic heterocycles. The summed E-state index contributed by atoms with van der Waals surface area (Å²) in [6, 6.07) is 5.12. The molecule has 0 unspecified atom stereocenters. The van der Waals surface area contributed by atoms with Gasteiger partial charge in [0.15, 0.2) is 0 Å². The number of thiol groups is 1. The molecule has 2 rings (SSSR count). The molecule has 0 atom stereocenters. The Bertz CT molecular complexity index is 465. The zero-order valence-electron chi connectivity index (χ0n) is 7.61. The van der Waals surface area contributed by atoms with Crippen LogP contribution >= 0.6 is 12.8 Å². The van der Waals surface area contributed by atoms with Gasteiger partial charge < -0.3 is 0 Å². The van der Waals surface area contributed by atoms with Gasteiger partial charge in [0.25, 0.3) is 0 Å². The maximum Gasteiger partial charge on any atom is 0.131 e. The summed E-state index contributed by atoms with van der Waals surface area (Å²) < 4.78 is 14.8. The molecule has 0 N–H and O–H groups in total. The molecule has 0 bridgehead atoms. The number of halogens is 1. The summed E-state index contributed by atoms with van der Waals surface area (Å²) in [5.41, 5.74) is 2.19. The molecule has 0 aliphatic heterocycles. The maximum absolute atomic E-state index is 13.5. The van der Waals surface area contributed by atoms with Gasteiger partial charge in [0.2, 0.25) is 0 Å². The van der Waals surface area contributed by atoms with E-state index in [2.05, 4.69) is 17.9 Å². The van der Waals surface area contributed by atoms with Crippen LogP contribution in [-0.4, -0.2) is 9.19 Å². The van der Waals surface area contributed by atoms with Gasteiger partial charge in [-0.2, -0.15) is 5.10 Å². The highest BCUT2D eigenvalue weighted by Crippen LogP contribution is 2.22. The Morgan fingerprint density at radius 1 is 1.43 bits per heavy atom. The number of hydrogen-bond acceptors (Lipinski definition) is 2. The Balaban J connectivity index is 2.52. The minimum atomic E-state index is -0.230. The summed E-state index contributed by atoms with van der Waals surface area (Å²) >= 11 is 3.99. The number of hydrogen-bond donors (Lipinski definition) is 1. The van der Waals surface area contributed by atoms with Crippen LogP contribution in [0, 0.1) is 12.7 Å². The van der Waals surface area contributed by atoms with E-state index in [9.17, 15) is 4.39 Å². The third-order valence-electron chi connectivity index (χ3n) is 2.01. The number of benzene rings is 1. The lowest BCUT2D eigenvalue weighted by molar-refractivity contribution is 0.630. The van der Waals surface area contributed by atoms with Crippen LogP contribution in [0.25, 0.3) is 11.1 Å². The van der Waals surface area contributed by atoms with E-state index < -0.39 is 0 Å². The van der Waals surface area contributed by atoms with Crippen molar-refractivity contribution >= 4 is 12.8 Å². The van der Waals surface area contributed by atoms with Crippen molar-refractivity contribution in [2.45, 2.75) is 6.92 Å². The zero-order chi connectivity index (χ0) is 10.1. The normalized spacial score (nSPS) is 10.5. The molecule has 1 heterocycles. The molecule has 0 saturated heterocycles. The molecule has 0 saturated carbocycles. The summed E-state index contributed by atoms with van der Waals surface area (Å²) in [4.78, 5) is 0. The van der Waals surface area contributed by atoms with Gasteiger partial charge in [-0.1, -0.05) is 12.1 Å². The largest absolute Gasteiger partial charge is 0.217 e. The second kappa shape index (κ2) is 3.46. The molecule has 4 heteroatoms. The van der Waals surface area contributed by atoms with Crippen LogP contribution < -0.4 is 0 Å². The summed E-state index contributed by atoms with van der Waals surface area (Å²) in [5.74, 6) is -0.230. The molecule has 1 aromatic carbocycles. The van der Waals surface area contributed by atoms with Crippen LogP contribution in [-0.2, 0) is 0 Å².